The number of terminal acetylenes is 1. The highest BCUT2D eigenvalue weighted by molar-refractivity contribution is 6.31. The van der Waals surface area contributed by atoms with E-state index in [9.17, 15) is 0 Å². The molecule has 1 aromatic carbocycles. The minimum atomic E-state index is -0.0369. The molecular formula is C12H11Cl. The highest BCUT2D eigenvalue weighted by Gasteiger charge is 2.43. The Morgan fingerprint density at radius 3 is 2.62 bits per heavy atom. The predicted octanol–water partition coefficient (Wildman–Crippen LogP) is 3.31. The van der Waals surface area contributed by atoms with Crippen LogP contribution in [0.4, 0.5) is 0 Å². The molecule has 0 amide bonds. The van der Waals surface area contributed by atoms with Gasteiger partial charge in [0.2, 0.25) is 0 Å². The van der Waals surface area contributed by atoms with Gasteiger partial charge in [0.1, 0.15) is 0 Å². The van der Waals surface area contributed by atoms with E-state index in [0.717, 1.165) is 23.4 Å². The van der Waals surface area contributed by atoms with Crippen LogP contribution in [0.2, 0.25) is 5.02 Å². The van der Waals surface area contributed by atoms with E-state index in [-0.39, 0.29) is 5.41 Å². The maximum atomic E-state index is 6.14. The second-order valence-corrected chi connectivity index (χ2v) is 4.12. The lowest BCUT2D eigenvalue weighted by molar-refractivity contribution is 0.930. The predicted molar refractivity (Wildman–Crippen MR) is 55.9 cm³/mol. The van der Waals surface area contributed by atoms with Gasteiger partial charge >= 0.3 is 0 Å². The third-order valence-corrected chi connectivity index (χ3v) is 2.98. The molecule has 13 heavy (non-hydrogen) atoms. The van der Waals surface area contributed by atoms with Gasteiger partial charge in [-0.1, -0.05) is 29.7 Å². The van der Waals surface area contributed by atoms with Crippen LogP contribution in [0.3, 0.4) is 0 Å². The summed E-state index contributed by atoms with van der Waals surface area (Å²) in [6.07, 6.45) is 7.65. The van der Waals surface area contributed by atoms with E-state index in [1.807, 2.05) is 13.0 Å². The molecule has 0 heterocycles. The number of rotatable bonds is 1. The lowest BCUT2D eigenvalue weighted by Gasteiger charge is -2.10. The lowest BCUT2D eigenvalue weighted by atomic mass is 9.96. The van der Waals surface area contributed by atoms with Crippen LogP contribution in [-0.4, -0.2) is 0 Å². The number of hydrogen-bond donors (Lipinski definition) is 0. The van der Waals surface area contributed by atoms with Crippen LogP contribution < -0.4 is 0 Å². The highest BCUT2D eigenvalue weighted by Crippen LogP contribution is 2.49. The van der Waals surface area contributed by atoms with Gasteiger partial charge in [-0.05, 0) is 37.0 Å². The molecule has 0 aromatic heterocycles. The zero-order valence-corrected chi connectivity index (χ0v) is 8.36. The standard InChI is InChI=1S/C12H11Cl/c1-3-12(6-7-12)10-5-4-9(2)8-11(10)13/h1,4-5,8H,6-7H2,2H3. The van der Waals surface area contributed by atoms with Crippen molar-refractivity contribution in [2.45, 2.75) is 25.2 Å². The molecule has 1 aromatic rings. The topological polar surface area (TPSA) is 0 Å². The average Bonchev–Trinajstić information content (AvgIpc) is 2.85. The molecule has 0 bridgehead atoms. The molecule has 1 heteroatoms. The van der Waals surface area contributed by atoms with Crippen LogP contribution >= 0.6 is 11.6 Å². The van der Waals surface area contributed by atoms with Crippen molar-refractivity contribution in [1.82, 2.24) is 0 Å². The molecule has 0 unspecified atom stereocenters. The van der Waals surface area contributed by atoms with Crippen LogP contribution in [0, 0.1) is 19.3 Å². The summed E-state index contributed by atoms with van der Waals surface area (Å²) in [5.74, 6) is 2.84. The fourth-order valence-corrected chi connectivity index (χ4v) is 2.04. The molecule has 0 atom stereocenters. The van der Waals surface area contributed by atoms with Gasteiger partial charge in [-0.25, -0.2) is 0 Å². The second kappa shape index (κ2) is 2.79. The largest absolute Gasteiger partial charge is 0.119 e. The normalized spacial score (nSPS) is 17.9. The van der Waals surface area contributed by atoms with E-state index in [0.29, 0.717) is 0 Å². The van der Waals surface area contributed by atoms with E-state index in [1.165, 1.54) is 5.56 Å². The Morgan fingerprint density at radius 1 is 1.46 bits per heavy atom. The monoisotopic (exact) mass is 190 g/mol. The summed E-state index contributed by atoms with van der Waals surface area (Å²) in [5, 5.41) is 0.815. The first kappa shape index (κ1) is 8.66. The summed E-state index contributed by atoms with van der Waals surface area (Å²) in [4.78, 5) is 0. The molecular weight excluding hydrogens is 180 g/mol. The van der Waals surface area contributed by atoms with Gasteiger partial charge in [0.05, 0.1) is 5.41 Å². The third-order valence-electron chi connectivity index (χ3n) is 2.67. The van der Waals surface area contributed by atoms with Crippen molar-refractivity contribution in [1.29, 1.82) is 0 Å². The molecule has 0 radical (unpaired) electrons. The Hall–Kier alpha value is -0.930. The van der Waals surface area contributed by atoms with Crippen molar-refractivity contribution in [2.24, 2.45) is 0 Å². The summed E-state index contributed by atoms with van der Waals surface area (Å²) < 4.78 is 0. The Kier molecular flexibility index (Phi) is 1.86. The van der Waals surface area contributed by atoms with E-state index < -0.39 is 0 Å². The van der Waals surface area contributed by atoms with Crippen molar-refractivity contribution in [3.05, 3.63) is 34.3 Å². The fourth-order valence-electron chi connectivity index (χ4n) is 1.62. The minimum Gasteiger partial charge on any atom is -0.119 e. The number of halogens is 1. The number of aryl methyl sites for hydroxylation is 1. The average molecular weight is 191 g/mol. The van der Waals surface area contributed by atoms with Crippen molar-refractivity contribution in [3.8, 4) is 12.3 Å². The van der Waals surface area contributed by atoms with Gasteiger partial charge < -0.3 is 0 Å². The number of hydrogen-bond acceptors (Lipinski definition) is 0. The SMILES string of the molecule is C#CC1(c2ccc(C)cc2Cl)CC1. The van der Waals surface area contributed by atoms with Crippen molar-refractivity contribution in [3.63, 3.8) is 0 Å². The maximum Gasteiger partial charge on any atom is 0.0576 e. The molecule has 0 N–H and O–H groups in total. The summed E-state index contributed by atoms with van der Waals surface area (Å²) in [6, 6.07) is 6.11. The Labute approximate surface area is 83.9 Å². The first-order valence-electron chi connectivity index (χ1n) is 4.42. The van der Waals surface area contributed by atoms with Crippen LogP contribution in [-0.2, 0) is 5.41 Å². The molecule has 1 saturated carbocycles. The van der Waals surface area contributed by atoms with E-state index in [4.69, 9.17) is 18.0 Å². The summed E-state index contributed by atoms with van der Waals surface area (Å²) >= 11 is 6.14. The van der Waals surface area contributed by atoms with Gasteiger partial charge in [-0.3, -0.25) is 0 Å². The van der Waals surface area contributed by atoms with Crippen LogP contribution in [0.15, 0.2) is 18.2 Å². The zero-order valence-electron chi connectivity index (χ0n) is 7.60. The van der Waals surface area contributed by atoms with Crippen LogP contribution in [0.1, 0.15) is 24.0 Å². The first-order chi connectivity index (χ1) is 6.18. The quantitative estimate of drug-likeness (QED) is 0.596. The smallest absolute Gasteiger partial charge is 0.0576 e. The summed E-state index contributed by atoms with van der Waals surface area (Å²) in [6.45, 7) is 2.03. The zero-order chi connectivity index (χ0) is 9.47. The third kappa shape index (κ3) is 1.34. The molecule has 1 aliphatic carbocycles. The molecule has 2 rings (SSSR count). The molecule has 0 aliphatic heterocycles. The summed E-state index contributed by atoms with van der Waals surface area (Å²) in [7, 11) is 0. The minimum absolute atomic E-state index is 0.0369. The Morgan fingerprint density at radius 2 is 2.15 bits per heavy atom. The van der Waals surface area contributed by atoms with Crippen molar-refractivity contribution >= 4 is 11.6 Å². The Balaban J connectivity index is 2.48. The number of benzene rings is 1. The van der Waals surface area contributed by atoms with Crippen molar-refractivity contribution < 1.29 is 0 Å². The molecule has 1 aliphatic rings. The first-order valence-corrected chi connectivity index (χ1v) is 4.80. The van der Waals surface area contributed by atoms with Gasteiger partial charge in [-0.2, -0.15) is 0 Å². The van der Waals surface area contributed by atoms with Crippen LogP contribution in [0.5, 0.6) is 0 Å². The van der Waals surface area contributed by atoms with E-state index >= 15 is 0 Å². The van der Waals surface area contributed by atoms with Gasteiger partial charge in [-0.15, -0.1) is 6.42 Å². The highest BCUT2D eigenvalue weighted by atomic mass is 35.5. The van der Waals surface area contributed by atoms with Gasteiger partial charge in [0.25, 0.3) is 0 Å². The van der Waals surface area contributed by atoms with Gasteiger partial charge in [0, 0.05) is 5.02 Å². The van der Waals surface area contributed by atoms with Crippen molar-refractivity contribution in [2.75, 3.05) is 0 Å². The second-order valence-electron chi connectivity index (χ2n) is 3.71. The molecule has 0 spiro atoms. The van der Waals surface area contributed by atoms with E-state index in [2.05, 4.69) is 18.1 Å². The van der Waals surface area contributed by atoms with Crippen LogP contribution in [0.25, 0.3) is 0 Å². The molecule has 1 fully saturated rings. The molecule has 0 nitrogen and oxygen atoms in total. The maximum absolute atomic E-state index is 6.14. The lowest BCUT2D eigenvalue weighted by Crippen LogP contribution is -2.03. The molecule has 0 saturated heterocycles. The van der Waals surface area contributed by atoms with Gasteiger partial charge in [0.15, 0.2) is 0 Å². The fraction of sp³-hybridized carbons (Fsp3) is 0.333. The summed E-state index contributed by atoms with van der Waals surface area (Å²) in [5.41, 5.74) is 2.27. The molecule has 66 valence electrons. The van der Waals surface area contributed by atoms with E-state index in [1.54, 1.807) is 0 Å². The Bertz CT molecular complexity index is 381.